The lowest BCUT2D eigenvalue weighted by Gasteiger charge is -1.99. The van der Waals surface area contributed by atoms with Crippen molar-refractivity contribution in [2.75, 3.05) is 0 Å². The number of hydrogen-bond acceptors (Lipinski definition) is 5. The molecule has 162 valence electrons. The van der Waals surface area contributed by atoms with Crippen LogP contribution in [0, 0.1) is 13.8 Å². The molecule has 3 aromatic rings. The van der Waals surface area contributed by atoms with Crippen LogP contribution in [0.1, 0.15) is 30.5 Å². The van der Waals surface area contributed by atoms with Crippen LogP contribution in [-0.2, 0) is 9.59 Å². The van der Waals surface area contributed by atoms with Crippen molar-refractivity contribution >= 4 is 18.0 Å². The monoisotopic (exact) mass is 420 g/mol. The van der Waals surface area contributed by atoms with E-state index in [0.717, 1.165) is 11.1 Å². The summed E-state index contributed by atoms with van der Waals surface area (Å²) in [5.74, 6) is 0.905. The Morgan fingerprint density at radius 3 is 1.39 bits per heavy atom. The van der Waals surface area contributed by atoms with Crippen LogP contribution in [-0.4, -0.2) is 17.0 Å². The Kier molecular flexibility index (Phi) is 10.9. The average Bonchev–Trinajstić information content (AvgIpc) is 2.73. The van der Waals surface area contributed by atoms with Crippen molar-refractivity contribution in [3.05, 3.63) is 96.1 Å². The number of aromatic hydroxyl groups is 1. The van der Waals surface area contributed by atoms with E-state index in [-0.39, 0.29) is 11.9 Å². The van der Waals surface area contributed by atoms with Crippen LogP contribution in [0.15, 0.2) is 79.4 Å². The molecule has 3 aromatic carbocycles. The Labute approximate surface area is 183 Å². The van der Waals surface area contributed by atoms with E-state index in [0.29, 0.717) is 17.2 Å². The second kappa shape index (κ2) is 13.4. The number of rotatable bonds is 3. The molecular weight excluding hydrogens is 392 g/mol. The normalized spacial score (nSPS) is 9.16. The lowest BCUT2D eigenvalue weighted by atomic mass is 10.2. The summed E-state index contributed by atoms with van der Waals surface area (Å²) in [4.78, 5) is 21.0. The second-order valence-corrected chi connectivity index (χ2v) is 6.61. The van der Waals surface area contributed by atoms with Gasteiger partial charge in [-0.2, -0.15) is 0 Å². The predicted molar refractivity (Wildman–Crippen MR) is 123 cm³/mol. The Hall–Kier alpha value is -3.86. The van der Waals surface area contributed by atoms with Gasteiger partial charge in [-0.05, 0) is 55.8 Å². The molecule has 0 heterocycles. The van der Waals surface area contributed by atoms with Gasteiger partial charge in [-0.1, -0.05) is 60.2 Å². The maximum absolute atomic E-state index is 10.5. The maximum Gasteiger partial charge on any atom is 0.308 e. The number of esters is 2. The van der Waals surface area contributed by atoms with Gasteiger partial charge < -0.3 is 14.6 Å². The van der Waals surface area contributed by atoms with Gasteiger partial charge in [0.1, 0.15) is 17.2 Å². The number of carbonyl (C=O) groups is 2. The summed E-state index contributed by atoms with van der Waals surface area (Å²) >= 11 is 0. The molecule has 0 radical (unpaired) electrons. The van der Waals surface area contributed by atoms with Gasteiger partial charge in [0.05, 0.1) is 0 Å². The highest BCUT2D eigenvalue weighted by Crippen LogP contribution is 2.13. The molecule has 31 heavy (non-hydrogen) atoms. The number of phenols is 1. The molecule has 0 amide bonds. The summed E-state index contributed by atoms with van der Waals surface area (Å²) in [6, 6.07) is 21.6. The van der Waals surface area contributed by atoms with Crippen molar-refractivity contribution < 1.29 is 24.2 Å². The first kappa shape index (κ1) is 25.2. The Balaban J connectivity index is 0.000000237. The molecule has 0 atom stereocenters. The summed E-state index contributed by atoms with van der Waals surface area (Å²) in [5.41, 5.74) is 3.33. The molecule has 5 nitrogen and oxygen atoms in total. The number of phenolic OH excluding ortho intramolecular Hbond substituents is 1. The highest BCUT2D eigenvalue weighted by atomic mass is 16.5. The summed E-state index contributed by atoms with van der Waals surface area (Å²) in [6.07, 6.45) is 1.73. The van der Waals surface area contributed by atoms with E-state index in [2.05, 4.69) is 6.58 Å². The third-order valence-electron chi connectivity index (χ3n) is 3.69. The first-order valence-electron chi connectivity index (χ1n) is 9.61. The zero-order valence-electron chi connectivity index (χ0n) is 18.3. The SMILES string of the molecule is C=Cc1ccc(OC(C)=O)cc1.CC(=O)Oc1ccc(C)cc1.Cc1ccc(O)cc1. The molecule has 0 fully saturated rings. The quantitative estimate of drug-likeness (QED) is 0.423. The van der Waals surface area contributed by atoms with Gasteiger partial charge in [-0.15, -0.1) is 0 Å². The zero-order valence-corrected chi connectivity index (χ0v) is 18.3. The third-order valence-corrected chi connectivity index (χ3v) is 3.69. The molecular formula is C26H28O5. The Morgan fingerprint density at radius 2 is 1.06 bits per heavy atom. The van der Waals surface area contributed by atoms with Crippen molar-refractivity contribution in [2.24, 2.45) is 0 Å². The summed E-state index contributed by atoms with van der Waals surface area (Å²) < 4.78 is 9.67. The molecule has 0 saturated carbocycles. The van der Waals surface area contributed by atoms with Gasteiger partial charge in [0.2, 0.25) is 0 Å². The van der Waals surface area contributed by atoms with Crippen LogP contribution in [0.4, 0.5) is 0 Å². The van der Waals surface area contributed by atoms with E-state index >= 15 is 0 Å². The molecule has 0 aliphatic heterocycles. The van der Waals surface area contributed by atoms with Crippen molar-refractivity contribution in [2.45, 2.75) is 27.7 Å². The molecule has 0 unspecified atom stereocenters. The van der Waals surface area contributed by atoms with Gasteiger partial charge in [0.25, 0.3) is 0 Å². The molecule has 1 N–H and O–H groups in total. The second-order valence-electron chi connectivity index (χ2n) is 6.61. The minimum atomic E-state index is -0.304. The molecule has 0 bridgehead atoms. The number of carbonyl (C=O) groups excluding carboxylic acids is 2. The van der Waals surface area contributed by atoms with Crippen molar-refractivity contribution in [1.29, 1.82) is 0 Å². The smallest absolute Gasteiger partial charge is 0.308 e. The van der Waals surface area contributed by atoms with Gasteiger partial charge in [-0.3, -0.25) is 9.59 Å². The van der Waals surface area contributed by atoms with Crippen LogP contribution in [0.5, 0.6) is 17.2 Å². The van der Waals surface area contributed by atoms with Crippen LogP contribution in [0.3, 0.4) is 0 Å². The molecule has 0 aromatic heterocycles. The molecule has 0 aliphatic rings. The van der Waals surface area contributed by atoms with E-state index in [9.17, 15) is 9.59 Å². The lowest BCUT2D eigenvalue weighted by Crippen LogP contribution is -2.00. The van der Waals surface area contributed by atoms with Gasteiger partial charge >= 0.3 is 11.9 Å². The fourth-order valence-corrected chi connectivity index (χ4v) is 2.15. The minimum Gasteiger partial charge on any atom is -0.508 e. The highest BCUT2D eigenvalue weighted by Gasteiger charge is 1.96. The van der Waals surface area contributed by atoms with Gasteiger partial charge in [-0.25, -0.2) is 0 Å². The third kappa shape index (κ3) is 11.7. The first-order valence-corrected chi connectivity index (χ1v) is 9.61. The highest BCUT2D eigenvalue weighted by molar-refractivity contribution is 5.69. The van der Waals surface area contributed by atoms with E-state index in [1.807, 2.05) is 50.2 Å². The lowest BCUT2D eigenvalue weighted by molar-refractivity contribution is -0.132. The zero-order chi connectivity index (χ0) is 23.2. The van der Waals surface area contributed by atoms with Crippen LogP contribution < -0.4 is 9.47 Å². The molecule has 0 saturated heterocycles. The molecule has 0 aliphatic carbocycles. The number of hydrogen-bond donors (Lipinski definition) is 1. The van der Waals surface area contributed by atoms with Crippen LogP contribution in [0.2, 0.25) is 0 Å². The van der Waals surface area contributed by atoms with Crippen molar-refractivity contribution in [1.82, 2.24) is 0 Å². The minimum absolute atomic E-state index is 0.283. The number of benzene rings is 3. The molecule has 5 heteroatoms. The summed E-state index contributed by atoms with van der Waals surface area (Å²) in [6.45, 7) is 10.3. The van der Waals surface area contributed by atoms with Crippen LogP contribution >= 0.6 is 0 Å². The Bertz CT molecular complexity index is 935. The van der Waals surface area contributed by atoms with Crippen LogP contribution in [0.25, 0.3) is 6.08 Å². The van der Waals surface area contributed by atoms with Gasteiger partial charge in [0.15, 0.2) is 0 Å². The summed E-state index contributed by atoms with van der Waals surface area (Å²) in [7, 11) is 0. The van der Waals surface area contributed by atoms with Gasteiger partial charge in [0, 0.05) is 13.8 Å². The molecule has 0 spiro atoms. The fraction of sp³-hybridized carbons (Fsp3) is 0.154. The molecule has 3 rings (SSSR count). The standard InChI is InChI=1S/C10H10O2.C9H10O2.C7H8O/c1-3-9-4-6-10(7-5-9)12-8(2)11;1-7-3-5-9(6-4-7)11-8(2)10;1-6-2-4-7(8)5-3-6/h3-7H,1H2,2H3;3-6H,1-2H3;2-5,8H,1H3. The average molecular weight is 421 g/mol. The van der Waals surface area contributed by atoms with Crippen molar-refractivity contribution in [3.8, 4) is 17.2 Å². The van der Waals surface area contributed by atoms with E-state index in [4.69, 9.17) is 14.6 Å². The van der Waals surface area contributed by atoms with E-state index < -0.39 is 0 Å². The Morgan fingerprint density at radius 1 is 0.710 bits per heavy atom. The largest absolute Gasteiger partial charge is 0.508 e. The maximum atomic E-state index is 10.5. The van der Waals surface area contributed by atoms with Crippen molar-refractivity contribution in [3.63, 3.8) is 0 Å². The number of ether oxygens (including phenoxy) is 2. The van der Waals surface area contributed by atoms with E-state index in [1.54, 1.807) is 42.5 Å². The fourth-order valence-electron chi connectivity index (χ4n) is 2.15. The predicted octanol–water partition coefficient (Wildman–Crippen LogP) is 5.88. The summed E-state index contributed by atoms with van der Waals surface area (Å²) in [5, 5.41) is 8.76. The topological polar surface area (TPSA) is 72.8 Å². The first-order chi connectivity index (χ1) is 14.7. The number of aryl methyl sites for hydroxylation is 2. The van der Waals surface area contributed by atoms with E-state index in [1.165, 1.54) is 19.4 Å².